The van der Waals surface area contributed by atoms with Gasteiger partial charge in [-0.1, -0.05) is 18.3 Å². The first kappa shape index (κ1) is 18.1. The highest BCUT2D eigenvalue weighted by atomic mass is 35.5. The third-order valence-electron chi connectivity index (χ3n) is 3.75. The van der Waals surface area contributed by atoms with E-state index in [0.29, 0.717) is 28.3 Å². The van der Waals surface area contributed by atoms with Crippen LogP contribution in [0.4, 0.5) is 5.13 Å². The van der Waals surface area contributed by atoms with E-state index >= 15 is 0 Å². The van der Waals surface area contributed by atoms with Crippen molar-refractivity contribution in [2.45, 2.75) is 33.1 Å². The maximum atomic E-state index is 12.0. The fraction of sp³-hybridized carbons (Fsp3) is 0.643. The Kier molecular flexibility index (Phi) is 7.28. The van der Waals surface area contributed by atoms with Crippen LogP contribution in [-0.4, -0.2) is 29.8 Å². The van der Waals surface area contributed by atoms with Gasteiger partial charge in [0.1, 0.15) is 0 Å². The van der Waals surface area contributed by atoms with Gasteiger partial charge in [0.15, 0.2) is 10.9 Å². The lowest BCUT2D eigenvalue weighted by Gasteiger charge is -2.27. The van der Waals surface area contributed by atoms with Crippen LogP contribution in [0.5, 0.6) is 0 Å². The number of amides is 1. The quantitative estimate of drug-likeness (QED) is 0.814. The molecule has 0 aliphatic carbocycles. The molecule has 1 amide bonds. The minimum atomic E-state index is -0.0235. The number of ketones is 1. The first-order valence-corrected chi connectivity index (χ1v) is 7.85. The lowest BCUT2D eigenvalue weighted by molar-refractivity contribution is -0.117. The molecular formula is C14H22ClN3O2S. The minimum Gasteiger partial charge on any atom is -0.316 e. The summed E-state index contributed by atoms with van der Waals surface area (Å²) in [6.45, 7) is 5.71. The maximum Gasteiger partial charge on any atom is 0.226 e. The fourth-order valence-corrected chi connectivity index (χ4v) is 3.22. The average molecular weight is 332 g/mol. The number of nitrogens with zero attached hydrogens (tertiary/aromatic N) is 1. The smallest absolute Gasteiger partial charge is 0.226 e. The Bertz CT molecular complexity index is 486. The standard InChI is InChI=1S/C14H21N3O2S.ClH/c1-9(11-4-3-5-15-7-11)6-13(19)17-14-16-8-12(20-14)10(2)18;/h8-9,11,15H,3-7H2,1-2H3,(H,16,17,19);1H. The number of piperidine rings is 1. The average Bonchev–Trinajstić information content (AvgIpc) is 2.88. The van der Waals surface area contributed by atoms with Crippen LogP contribution in [-0.2, 0) is 4.79 Å². The highest BCUT2D eigenvalue weighted by Gasteiger charge is 2.22. The zero-order valence-electron chi connectivity index (χ0n) is 12.3. The third-order valence-corrected chi connectivity index (χ3v) is 4.76. The highest BCUT2D eigenvalue weighted by molar-refractivity contribution is 7.17. The first-order chi connectivity index (χ1) is 9.56. The molecule has 1 aromatic rings. The number of carbonyl (C=O) groups is 2. The molecule has 0 saturated carbocycles. The monoisotopic (exact) mass is 331 g/mol. The Morgan fingerprint density at radius 2 is 2.33 bits per heavy atom. The van der Waals surface area contributed by atoms with Crippen molar-refractivity contribution in [1.29, 1.82) is 0 Å². The first-order valence-electron chi connectivity index (χ1n) is 7.03. The van der Waals surface area contributed by atoms with E-state index in [4.69, 9.17) is 0 Å². The number of rotatable bonds is 5. The molecule has 1 aliphatic rings. The number of hydrogen-bond donors (Lipinski definition) is 2. The summed E-state index contributed by atoms with van der Waals surface area (Å²) in [5, 5.41) is 6.67. The van der Waals surface area contributed by atoms with E-state index in [1.807, 2.05) is 0 Å². The van der Waals surface area contributed by atoms with Crippen LogP contribution in [0.2, 0.25) is 0 Å². The van der Waals surface area contributed by atoms with Crippen LogP contribution in [0, 0.1) is 11.8 Å². The number of Topliss-reactive ketones (excluding diaryl/α,β-unsaturated/α-hetero) is 1. The third kappa shape index (κ3) is 5.37. The van der Waals surface area contributed by atoms with Crippen LogP contribution in [0.15, 0.2) is 6.20 Å². The van der Waals surface area contributed by atoms with Crippen molar-refractivity contribution in [2.24, 2.45) is 11.8 Å². The summed E-state index contributed by atoms with van der Waals surface area (Å²) in [5.74, 6) is 0.880. The van der Waals surface area contributed by atoms with Gasteiger partial charge >= 0.3 is 0 Å². The van der Waals surface area contributed by atoms with Crippen molar-refractivity contribution in [2.75, 3.05) is 18.4 Å². The summed E-state index contributed by atoms with van der Waals surface area (Å²) in [5.41, 5.74) is 0. The lowest BCUT2D eigenvalue weighted by atomic mass is 9.85. The van der Waals surface area contributed by atoms with Gasteiger partial charge in [0.25, 0.3) is 0 Å². The summed E-state index contributed by atoms with van der Waals surface area (Å²) in [4.78, 5) is 27.8. The molecule has 1 saturated heterocycles. The molecule has 7 heteroatoms. The molecule has 1 aliphatic heterocycles. The van der Waals surface area contributed by atoms with Crippen LogP contribution in [0.1, 0.15) is 42.8 Å². The van der Waals surface area contributed by atoms with Gasteiger partial charge in [0.2, 0.25) is 5.91 Å². The molecule has 118 valence electrons. The molecule has 1 aromatic heterocycles. The maximum absolute atomic E-state index is 12.0. The Morgan fingerprint density at radius 3 is 2.90 bits per heavy atom. The van der Waals surface area contributed by atoms with Crippen molar-refractivity contribution < 1.29 is 9.59 Å². The van der Waals surface area contributed by atoms with Gasteiger partial charge in [-0.05, 0) is 37.8 Å². The van der Waals surface area contributed by atoms with Crippen molar-refractivity contribution >= 4 is 40.6 Å². The number of thiazole rings is 1. The van der Waals surface area contributed by atoms with E-state index in [9.17, 15) is 9.59 Å². The van der Waals surface area contributed by atoms with Crippen molar-refractivity contribution in [3.8, 4) is 0 Å². The van der Waals surface area contributed by atoms with Crippen molar-refractivity contribution in [1.82, 2.24) is 10.3 Å². The van der Waals surface area contributed by atoms with Gasteiger partial charge < -0.3 is 10.6 Å². The SMILES string of the molecule is CC(=O)c1cnc(NC(=O)CC(C)C2CCCNC2)s1.Cl. The van der Waals surface area contributed by atoms with Gasteiger partial charge in [-0.2, -0.15) is 0 Å². The summed E-state index contributed by atoms with van der Waals surface area (Å²) in [6, 6.07) is 0. The number of nitrogens with one attached hydrogen (secondary N) is 2. The molecule has 0 spiro atoms. The van der Waals surface area contributed by atoms with Gasteiger partial charge in [0, 0.05) is 13.3 Å². The van der Waals surface area contributed by atoms with Crippen molar-refractivity contribution in [3.63, 3.8) is 0 Å². The summed E-state index contributed by atoms with van der Waals surface area (Å²) in [6.07, 6.45) is 4.39. The Balaban J connectivity index is 0.00000220. The molecule has 2 atom stereocenters. The number of hydrogen-bond acceptors (Lipinski definition) is 5. The molecule has 21 heavy (non-hydrogen) atoms. The summed E-state index contributed by atoms with van der Waals surface area (Å²) >= 11 is 1.23. The van der Waals surface area contributed by atoms with Gasteiger partial charge in [-0.15, -0.1) is 12.4 Å². The van der Waals surface area contributed by atoms with Gasteiger partial charge in [0.05, 0.1) is 11.1 Å². The normalized spacial score (nSPS) is 19.4. The molecule has 5 nitrogen and oxygen atoms in total. The summed E-state index contributed by atoms with van der Waals surface area (Å²) < 4.78 is 0. The van der Waals surface area contributed by atoms with Crippen LogP contribution in [0.25, 0.3) is 0 Å². The molecule has 0 radical (unpaired) electrons. The van der Waals surface area contributed by atoms with Gasteiger partial charge in [-0.3, -0.25) is 9.59 Å². The fourth-order valence-electron chi connectivity index (χ4n) is 2.49. The van der Waals surface area contributed by atoms with E-state index < -0.39 is 0 Å². The number of carbonyl (C=O) groups excluding carboxylic acids is 2. The van der Waals surface area contributed by atoms with Gasteiger partial charge in [-0.25, -0.2) is 4.98 Å². The topological polar surface area (TPSA) is 71.1 Å². The van der Waals surface area contributed by atoms with E-state index in [0.717, 1.165) is 13.1 Å². The molecule has 1 fully saturated rings. The molecule has 2 unspecified atom stereocenters. The molecule has 2 rings (SSSR count). The van der Waals surface area contributed by atoms with E-state index in [2.05, 4.69) is 22.5 Å². The second kappa shape index (κ2) is 8.46. The molecule has 0 aromatic carbocycles. The molecule has 2 heterocycles. The molecule has 2 N–H and O–H groups in total. The van der Waals surface area contributed by atoms with Crippen LogP contribution in [0.3, 0.4) is 0 Å². The lowest BCUT2D eigenvalue weighted by Crippen LogP contribution is -2.34. The predicted octanol–water partition coefficient (Wildman–Crippen LogP) is 2.73. The Labute approximate surface area is 135 Å². The Hall–Kier alpha value is -0.980. The minimum absolute atomic E-state index is 0. The Morgan fingerprint density at radius 1 is 1.57 bits per heavy atom. The van der Waals surface area contributed by atoms with E-state index in [1.54, 1.807) is 0 Å². The second-order valence-electron chi connectivity index (χ2n) is 5.42. The van der Waals surface area contributed by atoms with E-state index in [-0.39, 0.29) is 24.1 Å². The van der Waals surface area contributed by atoms with Crippen LogP contribution >= 0.6 is 23.7 Å². The molecule has 0 bridgehead atoms. The summed E-state index contributed by atoms with van der Waals surface area (Å²) in [7, 11) is 0. The zero-order chi connectivity index (χ0) is 14.5. The largest absolute Gasteiger partial charge is 0.316 e. The number of anilines is 1. The predicted molar refractivity (Wildman–Crippen MR) is 87.4 cm³/mol. The number of halogens is 1. The van der Waals surface area contributed by atoms with Crippen LogP contribution < -0.4 is 10.6 Å². The zero-order valence-corrected chi connectivity index (χ0v) is 14.0. The van der Waals surface area contributed by atoms with Crippen molar-refractivity contribution in [3.05, 3.63) is 11.1 Å². The molecular weight excluding hydrogens is 310 g/mol. The second-order valence-corrected chi connectivity index (χ2v) is 6.45. The number of aromatic nitrogens is 1. The highest BCUT2D eigenvalue weighted by Crippen LogP contribution is 2.24. The van der Waals surface area contributed by atoms with E-state index in [1.165, 1.54) is 37.3 Å².